The van der Waals surface area contributed by atoms with E-state index in [0.717, 1.165) is 29.9 Å². The third-order valence-corrected chi connectivity index (χ3v) is 6.64. The van der Waals surface area contributed by atoms with E-state index in [2.05, 4.69) is 25.2 Å². The topological polar surface area (TPSA) is 73.6 Å². The number of benzene rings is 1. The summed E-state index contributed by atoms with van der Waals surface area (Å²) in [6.07, 6.45) is 5.55. The predicted octanol–water partition coefficient (Wildman–Crippen LogP) is 2.96. The van der Waals surface area contributed by atoms with Crippen LogP contribution < -0.4 is 20.5 Å². The van der Waals surface area contributed by atoms with Crippen molar-refractivity contribution >= 4 is 5.91 Å². The van der Waals surface area contributed by atoms with E-state index in [-0.39, 0.29) is 24.0 Å². The summed E-state index contributed by atoms with van der Waals surface area (Å²) in [5, 5.41) is 3.21. The van der Waals surface area contributed by atoms with Crippen molar-refractivity contribution in [3.8, 4) is 11.5 Å². The predicted molar refractivity (Wildman–Crippen MR) is 100 cm³/mol. The third kappa shape index (κ3) is 3.29. The molecule has 2 bridgehead atoms. The van der Waals surface area contributed by atoms with Gasteiger partial charge in [0.25, 0.3) is 0 Å². The number of nitrogens with two attached hydrogens (primary N) is 1. The number of carbonyl (C=O) groups is 1. The molecule has 0 radical (unpaired) electrons. The molecule has 26 heavy (non-hydrogen) atoms. The van der Waals surface area contributed by atoms with Crippen LogP contribution in [0, 0.1) is 17.8 Å². The summed E-state index contributed by atoms with van der Waals surface area (Å²) in [5.74, 6) is 2.95. The number of hydrogen-bond donors (Lipinski definition) is 2. The lowest BCUT2D eigenvalue weighted by Gasteiger charge is -2.43. The normalized spacial score (nSPS) is 30.1. The van der Waals surface area contributed by atoms with Crippen LogP contribution in [0.2, 0.25) is 0 Å². The molecule has 5 heteroatoms. The van der Waals surface area contributed by atoms with E-state index >= 15 is 0 Å². The molecule has 2 fully saturated rings. The van der Waals surface area contributed by atoms with Gasteiger partial charge in [0.05, 0.1) is 0 Å². The molecule has 1 aromatic carbocycles. The Morgan fingerprint density at radius 1 is 1.19 bits per heavy atom. The number of hydrogen-bond acceptors (Lipinski definition) is 4. The maximum absolute atomic E-state index is 12.8. The quantitative estimate of drug-likeness (QED) is 0.868. The molecule has 2 saturated carbocycles. The number of carbonyl (C=O) groups excluding carboxylic acids is 1. The lowest BCUT2D eigenvalue weighted by atomic mass is 9.65. The molecule has 1 amide bonds. The first-order valence-corrected chi connectivity index (χ1v) is 9.87. The smallest absolute Gasteiger partial charge is 0.231 e. The fraction of sp³-hybridized carbons (Fsp3) is 0.667. The van der Waals surface area contributed by atoms with Crippen LogP contribution in [0.1, 0.15) is 51.5 Å². The number of amides is 1. The van der Waals surface area contributed by atoms with Crippen LogP contribution in [-0.4, -0.2) is 25.3 Å². The summed E-state index contributed by atoms with van der Waals surface area (Å²) in [7, 11) is 0. The molecule has 2 aliphatic carbocycles. The van der Waals surface area contributed by atoms with E-state index in [1.165, 1.54) is 19.3 Å². The SMILES string of the molecule is CC(C)(CNC(=O)C1CC2CCCC(C1)C2N)c1ccc2c(c1)OCO2. The lowest BCUT2D eigenvalue weighted by Crippen LogP contribution is -2.50. The highest BCUT2D eigenvalue weighted by atomic mass is 16.7. The monoisotopic (exact) mass is 358 g/mol. The van der Waals surface area contributed by atoms with Crippen molar-refractivity contribution in [2.75, 3.05) is 13.3 Å². The first-order chi connectivity index (χ1) is 12.4. The zero-order valence-electron chi connectivity index (χ0n) is 15.8. The van der Waals surface area contributed by atoms with Crippen molar-refractivity contribution < 1.29 is 14.3 Å². The summed E-state index contributed by atoms with van der Waals surface area (Å²) >= 11 is 0. The van der Waals surface area contributed by atoms with Gasteiger partial charge in [-0.1, -0.05) is 26.3 Å². The van der Waals surface area contributed by atoms with Crippen LogP contribution in [0.25, 0.3) is 0 Å². The average molecular weight is 358 g/mol. The lowest BCUT2D eigenvalue weighted by molar-refractivity contribution is -0.128. The zero-order chi connectivity index (χ0) is 18.3. The van der Waals surface area contributed by atoms with Crippen molar-refractivity contribution in [1.82, 2.24) is 5.32 Å². The molecule has 3 N–H and O–H groups in total. The van der Waals surface area contributed by atoms with Gasteiger partial charge < -0.3 is 20.5 Å². The van der Waals surface area contributed by atoms with E-state index in [1.54, 1.807) is 0 Å². The third-order valence-electron chi connectivity index (χ3n) is 6.64. The maximum Gasteiger partial charge on any atom is 0.231 e. The van der Waals surface area contributed by atoms with Gasteiger partial charge in [-0.15, -0.1) is 0 Å². The molecule has 1 heterocycles. The fourth-order valence-corrected chi connectivity index (χ4v) is 4.88. The molecule has 1 aliphatic heterocycles. The average Bonchev–Trinajstić information content (AvgIpc) is 3.07. The molecule has 0 aromatic heterocycles. The molecule has 1 aromatic rings. The van der Waals surface area contributed by atoms with Crippen molar-refractivity contribution in [2.24, 2.45) is 23.5 Å². The summed E-state index contributed by atoms with van der Waals surface area (Å²) in [5.41, 5.74) is 7.33. The van der Waals surface area contributed by atoms with Crippen molar-refractivity contribution in [2.45, 2.75) is 57.4 Å². The minimum atomic E-state index is -0.169. The minimum Gasteiger partial charge on any atom is -0.454 e. The minimum absolute atomic E-state index is 0.123. The van der Waals surface area contributed by atoms with E-state index in [0.29, 0.717) is 24.4 Å². The van der Waals surface area contributed by atoms with Crippen LogP contribution in [0.4, 0.5) is 0 Å². The summed E-state index contributed by atoms with van der Waals surface area (Å²) in [6, 6.07) is 6.34. The van der Waals surface area contributed by atoms with E-state index in [4.69, 9.17) is 15.2 Å². The molecule has 3 aliphatic rings. The van der Waals surface area contributed by atoms with Crippen molar-refractivity contribution in [3.63, 3.8) is 0 Å². The Kier molecular flexibility index (Phi) is 4.59. The van der Waals surface area contributed by atoms with Gasteiger partial charge in [0, 0.05) is 23.9 Å². The van der Waals surface area contributed by atoms with E-state index in [1.807, 2.05) is 12.1 Å². The Morgan fingerprint density at radius 2 is 1.88 bits per heavy atom. The van der Waals surface area contributed by atoms with Gasteiger partial charge in [-0.25, -0.2) is 0 Å². The first-order valence-electron chi connectivity index (χ1n) is 9.87. The van der Waals surface area contributed by atoms with E-state index < -0.39 is 0 Å². The van der Waals surface area contributed by atoms with Gasteiger partial charge >= 0.3 is 0 Å². The van der Waals surface area contributed by atoms with Gasteiger partial charge in [0.1, 0.15) is 0 Å². The Morgan fingerprint density at radius 3 is 2.62 bits per heavy atom. The highest BCUT2D eigenvalue weighted by Gasteiger charge is 2.40. The Hall–Kier alpha value is -1.75. The molecule has 142 valence electrons. The molecular weight excluding hydrogens is 328 g/mol. The van der Waals surface area contributed by atoms with Crippen LogP contribution in [0.5, 0.6) is 11.5 Å². The molecular formula is C21H30N2O3. The molecule has 4 rings (SSSR count). The van der Waals surface area contributed by atoms with Gasteiger partial charge in [-0.2, -0.15) is 0 Å². The zero-order valence-corrected chi connectivity index (χ0v) is 15.8. The summed E-state index contributed by atoms with van der Waals surface area (Å²) in [6.45, 7) is 5.19. The largest absolute Gasteiger partial charge is 0.454 e. The molecule has 2 unspecified atom stereocenters. The number of ether oxygens (including phenoxy) is 2. The number of nitrogens with one attached hydrogen (secondary N) is 1. The van der Waals surface area contributed by atoms with Gasteiger partial charge in [-0.3, -0.25) is 4.79 Å². The van der Waals surface area contributed by atoms with Gasteiger partial charge in [0.15, 0.2) is 11.5 Å². The number of rotatable bonds is 4. The second kappa shape index (κ2) is 6.76. The Balaban J connectivity index is 1.37. The van der Waals surface area contributed by atoms with Crippen LogP contribution in [0.3, 0.4) is 0 Å². The fourth-order valence-electron chi connectivity index (χ4n) is 4.88. The molecule has 2 atom stereocenters. The highest BCUT2D eigenvalue weighted by molar-refractivity contribution is 5.79. The molecule has 0 saturated heterocycles. The highest BCUT2D eigenvalue weighted by Crippen LogP contribution is 2.42. The summed E-state index contributed by atoms with van der Waals surface area (Å²) < 4.78 is 10.9. The van der Waals surface area contributed by atoms with Crippen LogP contribution >= 0.6 is 0 Å². The van der Waals surface area contributed by atoms with Gasteiger partial charge in [0.2, 0.25) is 12.7 Å². The molecule has 5 nitrogen and oxygen atoms in total. The Bertz CT molecular complexity index is 674. The van der Waals surface area contributed by atoms with Crippen LogP contribution in [-0.2, 0) is 10.2 Å². The van der Waals surface area contributed by atoms with Crippen molar-refractivity contribution in [3.05, 3.63) is 23.8 Å². The Labute approximate surface area is 155 Å². The number of fused-ring (bicyclic) bond motifs is 3. The molecule has 0 spiro atoms. The second-order valence-corrected chi connectivity index (χ2v) is 8.87. The summed E-state index contributed by atoms with van der Waals surface area (Å²) in [4.78, 5) is 12.8. The standard InChI is InChI=1S/C21H30N2O3/c1-21(2,16-6-7-17-18(10-16)26-12-25-17)11-23-20(24)15-8-13-4-3-5-14(9-15)19(13)22/h6-7,10,13-15,19H,3-5,8-9,11-12,22H2,1-2H3,(H,23,24). The second-order valence-electron chi connectivity index (χ2n) is 8.87. The van der Waals surface area contributed by atoms with Gasteiger partial charge in [-0.05, 0) is 55.2 Å². The van der Waals surface area contributed by atoms with Crippen molar-refractivity contribution in [1.29, 1.82) is 0 Å². The van der Waals surface area contributed by atoms with E-state index in [9.17, 15) is 4.79 Å². The first kappa shape index (κ1) is 17.7. The van der Waals surface area contributed by atoms with Crippen LogP contribution in [0.15, 0.2) is 18.2 Å². The maximum atomic E-state index is 12.8.